The molecule has 140 valence electrons. The van der Waals surface area contributed by atoms with E-state index in [0.29, 0.717) is 18.1 Å². The molecule has 0 bridgehead atoms. The molecule has 0 saturated carbocycles. The molecule has 1 heterocycles. The number of aryl methyl sites for hydroxylation is 2. The number of hydrogen-bond acceptors (Lipinski definition) is 5. The summed E-state index contributed by atoms with van der Waals surface area (Å²) >= 11 is 0. The molecule has 0 aliphatic heterocycles. The zero-order chi connectivity index (χ0) is 19.4. The highest BCUT2D eigenvalue weighted by molar-refractivity contribution is 5.78. The Morgan fingerprint density at radius 3 is 2.56 bits per heavy atom. The monoisotopic (exact) mass is 365 g/mol. The molecule has 6 nitrogen and oxygen atoms in total. The lowest BCUT2D eigenvalue weighted by molar-refractivity contribution is -0.130. The molecular formula is C21H23N3O3. The van der Waals surface area contributed by atoms with Gasteiger partial charge in [-0.3, -0.25) is 4.79 Å². The van der Waals surface area contributed by atoms with Crippen molar-refractivity contribution in [2.75, 3.05) is 14.2 Å². The van der Waals surface area contributed by atoms with Crippen molar-refractivity contribution in [1.29, 1.82) is 0 Å². The fraction of sp³-hybridized carbons (Fsp3) is 0.286. The first-order valence-electron chi connectivity index (χ1n) is 8.73. The van der Waals surface area contributed by atoms with E-state index in [1.54, 1.807) is 19.1 Å². The summed E-state index contributed by atoms with van der Waals surface area (Å²) in [6.07, 6.45) is 0.306. The molecule has 1 aromatic heterocycles. The average Bonchev–Trinajstić information content (AvgIpc) is 3.11. The highest BCUT2D eigenvalue weighted by Crippen LogP contribution is 2.20. The summed E-state index contributed by atoms with van der Waals surface area (Å²) in [5, 5.41) is 4.01. The fourth-order valence-corrected chi connectivity index (χ4v) is 2.79. The normalized spacial score (nSPS) is 10.7. The van der Waals surface area contributed by atoms with Gasteiger partial charge in [0.05, 0.1) is 20.1 Å². The summed E-state index contributed by atoms with van der Waals surface area (Å²) in [6.45, 7) is 4.25. The lowest BCUT2D eigenvalue weighted by Gasteiger charge is -2.15. The van der Waals surface area contributed by atoms with Crippen molar-refractivity contribution in [2.45, 2.75) is 26.8 Å². The quantitative estimate of drug-likeness (QED) is 0.668. The average molecular weight is 365 g/mol. The molecule has 0 atom stereocenters. The predicted octanol–water partition coefficient (Wildman–Crippen LogP) is 3.56. The molecule has 27 heavy (non-hydrogen) atoms. The summed E-state index contributed by atoms with van der Waals surface area (Å²) in [5.41, 5.74) is 4.00. The van der Waals surface area contributed by atoms with Gasteiger partial charge in [-0.25, -0.2) is 0 Å². The van der Waals surface area contributed by atoms with Crippen LogP contribution >= 0.6 is 0 Å². The first-order valence-corrected chi connectivity index (χ1v) is 8.73. The Bertz CT molecular complexity index is 932. The van der Waals surface area contributed by atoms with Gasteiger partial charge in [-0.2, -0.15) is 4.98 Å². The van der Waals surface area contributed by atoms with Crippen LogP contribution in [0.1, 0.15) is 22.6 Å². The summed E-state index contributed by atoms with van der Waals surface area (Å²) in [7, 11) is 3.37. The van der Waals surface area contributed by atoms with Crippen LogP contribution in [0.4, 0.5) is 0 Å². The Morgan fingerprint density at radius 2 is 1.89 bits per heavy atom. The lowest BCUT2D eigenvalue weighted by Crippen LogP contribution is -2.27. The molecule has 1 amide bonds. The Kier molecular flexibility index (Phi) is 5.54. The number of benzene rings is 2. The maximum atomic E-state index is 12.5. The first kappa shape index (κ1) is 18.6. The van der Waals surface area contributed by atoms with Crippen molar-refractivity contribution < 1.29 is 14.1 Å². The molecule has 0 N–H and O–H groups in total. The minimum Gasteiger partial charge on any atom is -0.496 e. The minimum atomic E-state index is -0.0188. The van der Waals surface area contributed by atoms with Gasteiger partial charge in [0.1, 0.15) is 5.75 Å². The molecule has 3 aromatic rings. The SMILES string of the molecule is COc1ccc(CC(=O)N(C)Cc2nc(-c3ccc(C)cc3)no2)cc1C. The van der Waals surface area contributed by atoms with Gasteiger partial charge in [-0.1, -0.05) is 47.1 Å². The van der Waals surface area contributed by atoms with Gasteiger partial charge < -0.3 is 14.2 Å². The Hall–Kier alpha value is -3.15. The molecular weight excluding hydrogens is 342 g/mol. The van der Waals surface area contributed by atoms with Crippen LogP contribution in [-0.2, 0) is 17.8 Å². The van der Waals surface area contributed by atoms with Crippen molar-refractivity contribution in [3.63, 3.8) is 0 Å². The molecule has 0 radical (unpaired) electrons. The van der Waals surface area contributed by atoms with Crippen LogP contribution in [0.25, 0.3) is 11.4 Å². The van der Waals surface area contributed by atoms with Gasteiger partial charge >= 0.3 is 0 Å². The van der Waals surface area contributed by atoms with Crippen LogP contribution in [0.5, 0.6) is 5.75 Å². The number of rotatable bonds is 6. The fourth-order valence-electron chi connectivity index (χ4n) is 2.79. The van der Waals surface area contributed by atoms with E-state index >= 15 is 0 Å². The van der Waals surface area contributed by atoms with E-state index in [1.807, 2.05) is 56.3 Å². The number of carbonyl (C=O) groups excluding carboxylic acids is 1. The number of hydrogen-bond donors (Lipinski definition) is 0. The zero-order valence-electron chi connectivity index (χ0n) is 16.0. The van der Waals surface area contributed by atoms with Gasteiger partial charge in [0.15, 0.2) is 0 Å². The molecule has 3 rings (SSSR count). The van der Waals surface area contributed by atoms with E-state index in [2.05, 4.69) is 10.1 Å². The first-order chi connectivity index (χ1) is 13.0. The van der Waals surface area contributed by atoms with Gasteiger partial charge in [0, 0.05) is 12.6 Å². The lowest BCUT2D eigenvalue weighted by atomic mass is 10.1. The van der Waals surface area contributed by atoms with Crippen molar-refractivity contribution in [2.24, 2.45) is 0 Å². The number of likely N-dealkylation sites (N-methyl/N-ethyl adjacent to an activating group) is 1. The van der Waals surface area contributed by atoms with E-state index in [1.165, 1.54) is 5.56 Å². The molecule has 0 saturated heterocycles. The van der Waals surface area contributed by atoms with Gasteiger partial charge in [0.2, 0.25) is 17.6 Å². The summed E-state index contributed by atoms with van der Waals surface area (Å²) in [6, 6.07) is 13.6. The second-order valence-corrected chi connectivity index (χ2v) is 6.61. The number of nitrogens with zero attached hydrogens (tertiary/aromatic N) is 3. The van der Waals surface area contributed by atoms with Crippen LogP contribution in [0.15, 0.2) is 47.0 Å². The second-order valence-electron chi connectivity index (χ2n) is 6.61. The molecule has 0 spiro atoms. The van der Waals surface area contributed by atoms with Gasteiger partial charge in [-0.15, -0.1) is 0 Å². The molecule has 0 fully saturated rings. The number of aromatic nitrogens is 2. The number of ether oxygens (including phenoxy) is 1. The van der Waals surface area contributed by atoms with E-state index < -0.39 is 0 Å². The third-order valence-corrected chi connectivity index (χ3v) is 4.39. The third kappa shape index (κ3) is 4.53. The number of methoxy groups -OCH3 is 1. The molecule has 0 aliphatic rings. The predicted molar refractivity (Wildman–Crippen MR) is 102 cm³/mol. The van der Waals surface area contributed by atoms with Crippen molar-refractivity contribution in [3.05, 3.63) is 65.0 Å². The van der Waals surface area contributed by atoms with E-state index in [4.69, 9.17) is 9.26 Å². The van der Waals surface area contributed by atoms with Crippen LogP contribution in [0.2, 0.25) is 0 Å². The highest BCUT2D eigenvalue weighted by atomic mass is 16.5. The maximum Gasteiger partial charge on any atom is 0.246 e. The second kappa shape index (κ2) is 8.03. The summed E-state index contributed by atoms with van der Waals surface area (Å²) < 4.78 is 10.6. The Labute approximate surface area is 158 Å². The Balaban J connectivity index is 1.63. The minimum absolute atomic E-state index is 0.0188. The Morgan fingerprint density at radius 1 is 1.15 bits per heavy atom. The van der Waals surface area contributed by atoms with E-state index in [9.17, 15) is 4.79 Å². The van der Waals surface area contributed by atoms with E-state index in [0.717, 1.165) is 22.4 Å². The number of amides is 1. The summed E-state index contributed by atoms with van der Waals surface area (Å²) in [4.78, 5) is 18.5. The maximum absolute atomic E-state index is 12.5. The molecule has 0 unspecified atom stereocenters. The van der Waals surface area contributed by atoms with Crippen LogP contribution in [0, 0.1) is 13.8 Å². The van der Waals surface area contributed by atoms with Crippen LogP contribution < -0.4 is 4.74 Å². The summed E-state index contributed by atoms with van der Waals surface area (Å²) in [5.74, 6) is 1.73. The van der Waals surface area contributed by atoms with Crippen molar-refractivity contribution >= 4 is 5.91 Å². The largest absolute Gasteiger partial charge is 0.496 e. The highest BCUT2D eigenvalue weighted by Gasteiger charge is 2.15. The standard InChI is InChI=1S/C21H23N3O3/c1-14-5-8-17(9-6-14)21-22-19(27-23-21)13-24(3)20(25)12-16-7-10-18(26-4)15(2)11-16/h5-11H,12-13H2,1-4H3. The van der Waals surface area contributed by atoms with E-state index in [-0.39, 0.29) is 12.5 Å². The van der Waals surface area contributed by atoms with Gasteiger partial charge in [-0.05, 0) is 31.0 Å². The van der Waals surface area contributed by atoms with Crippen molar-refractivity contribution in [1.82, 2.24) is 15.0 Å². The molecule has 2 aromatic carbocycles. The molecule has 0 aliphatic carbocycles. The third-order valence-electron chi connectivity index (χ3n) is 4.39. The topological polar surface area (TPSA) is 68.5 Å². The van der Waals surface area contributed by atoms with Crippen molar-refractivity contribution in [3.8, 4) is 17.1 Å². The zero-order valence-corrected chi connectivity index (χ0v) is 16.0. The van der Waals surface area contributed by atoms with Crippen LogP contribution in [-0.4, -0.2) is 35.1 Å². The smallest absolute Gasteiger partial charge is 0.246 e. The van der Waals surface area contributed by atoms with Crippen LogP contribution in [0.3, 0.4) is 0 Å². The number of carbonyl (C=O) groups is 1. The molecule has 6 heteroatoms. The van der Waals surface area contributed by atoms with Gasteiger partial charge in [0.25, 0.3) is 0 Å².